The van der Waals surface area contributed by atoms with Gasteiger partial charge in [-0.3, -0.25) is 0 Å². The first-order valence-corrected chi connectivity index (χ1v) is 7.20. The SMILES string of the molecule is CC(N[C@@H](C)c1ccccc1Cl)c1ccc(F)c(Cl)c1. The Kier molecular flexibility index (Phi) is 5.03. The summed E-state index contributed by atoms with van der Waals surface area (Å²) in [6, 6.07) is 12.6. The van der Waals surface area contributed by atoms with Crippen LogP contribution in [0.3, 0.4) is 0 Å². The lowest BCUT2D eigenvalue weighted by atomic mass is 10.0. The standard InChI is InChI=1S/C16H16Cl2FN/c1-10(12-7-8-16(19)15(18)9-12)20-11(2)13-5-3-4-6-14(13)17/h3-11,20H,1-2H3/t10?,11-/m0/s1. The molecule has 2 aromatic carbocycles. The highest BCUT2D eigenvalue weighted by molar-refractivity contribution is 6.31. The van der Waals surface area contributed by atoms with Gasteiger partial charge in [0.15, 0.2) is 0 Å². The Morgan fingerprint density at radius 1 is 0.950 bits per heavy atom. The minimum absolute atomic E-state index is 0.0411. The van der Waals surface area contributed by atoms with Crippen molar-refractivity contribution in [1.82, 2.24) is 5.32 Å². The molecular formula is C16H16Cl2FN. The van der Waals surface area contributed by atoms with E-state index in [0.717, 1.165) is 16.1 Å². The Labute approximate surface area is 128 Å². The van der Waals surface area contributed by atoms with E-state index in [1.807, 2.05) is 38.1 Å². The molecule has 1 unspecified atom stereocenters. The van der Waals surface area contributed by atoms with Crippen LogP contribution in [-0.2, 0) is 0 Å². The van der Waals surface area contributed by atoms with E-state index < -0.39 is 5.82 Å². The van der Waals surface area contributed by atoms with Crippen molar-refractivity contribution in [3.63, 3.8) is 0 Å². The molecule has 0 aliphatic carbocycles. The van der Waals surface area contributed by atoms with Gasteiger partial charge in [0.1, 0.15) is 5.82 Å². The number of rotatable bonds is 4. The van der Waals surface area contributed by atoms with Gasteiger partial charge in [0, 0.05) is 17.1 Å². The normalized spacial score (nSPS) is 14.1. The lowest BCUT2D eigenvalue weighted by Gasteiger charge is -2.21. The average Bonchev–Trinajstić information content (AvgIpc) is 2.42. The van der Waals surface area contributed by atoms with E-state index in [1.54, 1.807) is 12.1 Å². The van der Waals surface area contributed by atoms with Crippen LogP contribution in [0.15, 0.2) is 42.5 Å². The Bertz CT molecular complexity index is 601. The topological polar surface area (TPSA) is 12.0 Å². The molecule has 0 heterocycles. The monoisotopic (exact) mass is 311 g/mol. The van der Waals surface area contributed by atoms with Crippen LogP contribution in [0.2, 0.25) is 10.0 Å². The van der Waals surface area contributed by atoms with Gasteiger partial charge >= 0.3 is 0 Å². The number of benzene rings is 2. The highest BCUT2D eigenvalue weighted by Gasteiger charge is 2.14. The molecule has 1 N–H and O–H groups in total. The highest BCUT2D eigenvalue weighted by atomic mass is 35.5. The van der Waals surface area contributed by atoms with E-state index in [1.165, 1.54) is 6.07 Å². The Hall–Kier alpha value is -1.09. The van der Waals surface area contributed by atoms with Gasteiger partial charge in [0.05, 0.1) is 5.02 Å². The van der Waals surface area contributed by atoms with Crippen LogP contribution >= 0.6 is 23.2 Å². The van der Waals surface area contributed by atoms with Crippen molar-refractivity contribution in [2.24, 2.45) is 0 Å². The molecule has 20 heavy (non-hydrogen) atoms. The zero-order valence-corrected chi connectivity index (χ0v) is 12.8. The molecular weight excluding hydrogens is 296 g/mol. The van der Waals surface area contributed by atoms with E-state index in [-0.39, 0.29) is 17.1 Å². The third-order valence-corrected chi connectivity index (χ3v) is 3.95. The summed E-state index contributed by atoms with van der Waals surface area (Å²) in [5, 5.41) is 4.31. The molecule has 0 spiro atoms. The van der Waals surface area contributed by atoms with Gasteiger partial charge in [0.25, 0.3) is 0 Å². The molecule has 0 radical (unpaired) electrons. The van der Waals surface area contributed by atoms with Gasteiger partial charge in [-0.2, -0.15) is 0 Å². The minimum Gasteiger partial charge on any atom is -0.304 e. The summed E-state index contributed by atoms with van der Waals surface area (Å²) in [6.07, 6.45) is 0. The Balaban J connectivity index is 2.13. The summed E-state index contributed by atoms with van der Waals surface area (Å²) in [6.45, 7) is 4.06. The van der Waals surface area contributed by atoms with Crippen molar-refractivity contribution in [3.8, 4) is 0 Å². The fourth-order valence-electron chi connectivity index (χ4n) is 2.17. The van der Waals surface area contributed by atoms with E-state index in [0.29, 0.717) is 0 Å². The molecule has 0 aromatic heterocycles. The van der Waals surface area contributed by atoms with E-state index in [9.17, 15) is 4.39 Å². The molecule has 0 amide bonds. The number of nitrogens with one attached hydrogen (secondary N) is 1. The second kappa shape index (κ2) is 6.57. The van der Waals surface area contributed by atoms with Crippen LogP contribution in [-0.4, -0.2) is 0 Å². The van der Waals surface area contributed by atoms with Crippen molar-refractivity contribution >= 4 is 23.2 Å². The molecule has 106 valence electrons. The largest absolute Gasteiger partial charge is 0.304 e. The molecule has 4 heteroatoms. The second-order valence-corrected chi connectivity index (χ2v) is 5.62. The van der Waals surface area contributed by atoms with Gasteiger partial charge in [-0.05, 0) is 43.2 Å². The predicted octanol–water partition coefficient (Wildman–Crippen LogP) is 5.54. The molecule has 2 atom stereocenters. The fourth-order valence-corrected chi connectivity index (χ4v) is 2.66. The number of hydrogen-bond donors (Lipinski definition) is 1. The molecule has 2 rings (SSSR count). The highest BCUT2D eigenvalue weighted by Crippen LogP contribution is 2.26. The summed E-state index contributed by atoms with van der Waals surface area (Å²) in [5.41, 5.74) is 1.98. The van der Waals surface area contributed by atoms with Crippen molar-refractivity contribution in [2.75, 3.05) is 0 Å². The van der Waals surface area contributed by atoms with Crippen molar-refractivity contribution in [2.45, 2.75) is 25.9 Å². The summed E-state index contributed by atoms with van der Waals surface area (Å²) in [4.78, 5) is 0. The number of hydrogen-bond acceptors (Lipinski definition) is 1. The molecule has 2 aromatic rings. The van der Waals surface area contributed by atoms with Crippen LogP contribution in [0.25, 0.3) is 0 Å². The maximum Gasteiger partial charge on any atom is 0.141 e. The summed E-state index contributed by atoms with van der Waals surface area (Å²) < 4.78 is 13.2. The van der Waals surface area contributed by atoms with Gasteiger partial charge in [-0.1, -0.05) is 47.5 Å². The molecule has 0 saturated heterocycles. The fraction of sp³-hybridized carbons (Fsp3) is 0.250. The first-order chi connectivity index (χ1) is 9.49. The molecule has 1 nitrogen and oxygen atoms in total. The summed E-state index contributed by atoms with van der Waals surface area (Å²) in [7, 11) is 0. The van der Waals surface area contributed by atoms with Gasteiger partial charge in [-0.25, -0.2) is 4.39 Å². The number of halogens is 3. The van der Waals surface area contributed by atoms with E-state index in [4.69, 9.17) is 23.2 Å². The van der Waals surface area contributed by atoms with Gasteiger partial charge in [0.2, 0.25) is 0 Å². The van der Waals surface area contributed by atoms with Crippen LogP contribution in [0, 0.1) is 5.82 Å². The third-order valence-electron chi connectivity index (χ3n) is 3.32. The van der Waals surface area contributed by atoms with E-state index >= 15 is 0 Å². The zero-order chi connectivity index (χ0) is 14.7. The zero-order valence-electron chi connectivity index (χ0n) is 11.3. The van der Waals surface area contributed by atoms with Gasteiger partial charge < -0.3 is 5.32 Å². The summed E-state index contributed by atoms with van der Waals surface area (Å²) in [5.74, 6) is -0.401. The molecule has 0 saturated carbocycles. The first-order valence-electron chi connectivity index (χ1n) is 6.44. The Morgan fingerprint density at radius 2 is 1.65 bits per heavy atom. The molecule has 0 aliphatic rings. The Morgan fingerprint density at radius 3 is 2.30 bits per heavy atom. The smallest absolute Gasteiger partial charge is 0.141 e. The quantitative estimate of drug-likeness (QED) is 0.781. The first kappa shape index (κ1) is 15.3. The molecule has 0 fully saturated rings. The predicted molar refractivity (Wildman–Crippen MR) is 82.8 cm³/mol. The van der Waals surface area contributed by atoms with E-state index in [2.05, 4.69) is 5.32 Å². The van der Waals surface area contributed by atoms with Crippen LogP contribution in [0.4, 0.5) is 4.39 Å². The van der Waals surface area contributed by atoms with Crippen LogP contribution in [0.5, 0.6) is 0 Å². The van der Waals surface area contributed by atoms with Crippen LogP contribution < -0.4 is 5.32 Å². The van der Waals surface area contributed by atoms with Gasteiger partial charge in [-0.15, -0.1) is 0 Å². The maximum atomic E-state index is 13.2. The van der Waals surface area contributed by atoms with Crippen LogP contribution in [0.1, 0.15) is 37.1 Å². The maximum absolute atomic E-state index is 13.2. The molecule has 0 aliphatic heterocycles. The lowest BCUT2D eigenvalue weighted by molar-refractivity contribution is 0.494. The average molecular weight is 312 g/mol. The molecule has 0 bridgehead atoms. The minimum atomic E-state index is -0.401. The van der Waals surface area contributed by atoms with Crippen molar-refractivity contribution in [1.29, 1.82) is 0 Å². The van der Waals surface area contributed by atoms with Crippen molar-refractivity contribution < 1.29 is 4.39 Å². The van der Waals surface area contributed by atoms with Crippen molar-refractivity contribution in [3.05, 3.63) is 69.5 Å². The second-order valence-electron chi connectivity index (χ2n) is 4.81. The lowest BCUT2D eigenvalue weighted by Crippen LogP contribution is -2.22. The third kappa shape index (κ3) is 3.51. The summed E-state index contributed by atoms with van der Waals surface area (Å²) >= 11 is 12.0.